The molecule has 1 aromatic carbocycles. The van der Waals surface area contributed by atoms with E-state index in [1.165, 1.54) is 9.13 Å². The van der Waals surface area contributed by atoms with Gasteiger partial charge in [0, 0.05) is 26.4 Å². The molecule has 0 saturated heterocycles. The Morgan fingerprint density at radius 3 is 2.79 bits per heavy atom. The standard InChI is InChI=1S/C19H18ClN5O3/c1-24-17-13(11-14(20)21-17)18(26)25(19(24)27)9-5-8-15-22-16(28-23-15)10-12-6-3-2-4-7-12/h2-4,6-7H,5,8-11H2,1H3. The van der Waals surface area contributed by atoms with Crippen LogP contribution in [-0.2, 0) is 32.9 Å². The highest BCUT2D eigenvalue weighted by Gasteiger charge is 2.23. The van der Waals surface area contributed by atoms with Crippen LogP contribution in [0, 0.1) is 0 Å². The predicted molar refractivity (Wildman–Crippen MR) is 104 cm³/mol. The number of halogens is 1. The van der Waals surface area contributed by atoms with Gasteiger partial charge in [0.05, 0.1) is 12.0 Å². The molecule has 0 fully saturated rings. The van der Waals surface area contributed by atoms with Gasteiger partial charge in [-0.1, -0.05) is 47.1 Å². The number of nitrogens with zero attached hydrogens (tertiary/aromatic N) is 5. The van der Waals surface area contributed by atoms with Gasteiger partial charge in [0.25, 0.3) is 5.56 Å². The molecule has 28 heavy (non-hydrogen) atoms. The summed E-state index contributed by atoms with van der Waals surface area (Å²) in [7, 11) is 1.59. The fraction of sp³-hybridized carbons (Fsp3) is 0.316. The number of aromatic nitrogens is 4. The number of hydrogen-bond acceptors (Lipinski definition) is 6. The Bertz CT molecular complexity index is 1160. The Kier molecular flexibility index (Phi) is 4.95. The third-order valence-electron chi connectivity index (χ3n) is 4.65. The van der Waals surface area contributed by atoms with Crippen molar-refractivity contribution in [3.63, 3.8) is 0 Å². The second kappa shape index (κ2) is 7.55. The topological polar surface area (TPSA) is 95.3 Å². The summed E-state index contributed by atoms with van der Waals surface area (Å²) in [5.41, 5.74) is 0.802. The first-order valence-electron chi connectivity index (χ1n) is 8.94. The smallest absolute Gasteiger partial charge is 0.332 e. The first-order valence-corrected chi connectivity index (χ1v) is 9.32. The normalized spacial score (nSPS) is 12.9. The lowest BCUT2D eigenvalue weighted by molar-refractivity contribution is 0.378. The average Bonchev–Trinajstić information content (AvgIpc) is 3.30. The van der Waals surface area contributed by atoms with Gasteiger partial charge in [0.15, 0.2) is 5.82 Å². The van der Waals surface area contributed by atoms with Gasteiger partial charge >= 0.3 is 5.69 Å². The van der Waals surface area contributed by atoms with Crippen LogP contribution in [0.1, 0.15) is 29.3 Å². The Hall–Kier alpha value is -3.00. The maximum Gasteiger partial charge on any atom is 0.332 e. The highest BCUT2D eigenvalue weighted by atomic mass is 35.5. The SMILES string of the molecule is Cn1c2c(c(=O)n(CCCc3noc(Cc4ccccc4)n3)c1=O)CC(Cl)=N2. The highest BCUT2D eigenvalue weighted by molar-refractivity contribution is 6.66. The number of aliphatic imine (C=N–C) groups is 1. The van der Waals surface area contributed by atoms with E-state index in [2.05, 4.69) is 15.1 Å². The molecular weight excluding hydrogens is 382 g/mol. The van der Waals surface area contributed by atoms with Crippen molar-refractivity contribution in [3.05, 3.63) is 74.0 Å². The van der Waals surface area contributed by atoms with Crippen LogP contribution in [0.2, 0.25) is 0 Å². The Morgan fingerprint density at radius 2 is 2.00 bits per heavy atom. The number of benzene rings is 1. The third kappa shape index (κ3) is 3.55. The first kappa shape index (κ1) is 18.4. The molecule has 0 bridgehead atoms. The Labute approximate surface area is 165 Å². The number of aryl methyl sites for hydroxylation is 1. The Balaban J connectivity index is 1.43. The molecule has 0 amide bonds. The zero-order valence-corrected chi connectivity index (χ0v) is 16.0. The summed E-state index contributed by atoms with van der Waals surface area (Å²) in [6.07, 6.45) is 1.87. The molecule has 144 valence electrons. The minimum atomic E-state index is -0.406. The van der Waals surface area contributed by atoms with Crippen molar-refractivity contribution in [2.75, 3.05) is 0 Å². The van der Waals surface area contributed by atoms with Crippen LogP contribution in [0.4, 0.5) is 5.82 Å². The summed E-state index contributed by atoms with van der Waals surface area (Å²) in [6, 6.07) is 9.86. The van der Waals surface area contributed by atoms with Crippen LogP contribution >= 0.6 is 11.6 Å². The van der Waals surface area contributed by atoms with Crippen LogP contribution in [0.5, 0.6) is 0 Å². The fourth-order valence-corrected chi connectivity index (χ4v) is 3.46. The summed E-state index contributed by atoms with van der Waals surface area (Å²) in [6.45, 7) is 0.263. The van der Waals surface area contributed by atoms with Crippen LogP contribution < -0.4 is 11.2 Å². The molecule has 8 nitrogen and oxygen atoms in total. The van der Waals surface area contributed by atoms with Crippen molar-refractivity contribution in [2.24, 2.45) is 12.0 Å². The molecule has 0 atom stereocenters. The predicted octanol–water partition coefficient (Wildman–Crippen LogP) is 1.98. The van der Waals surface area contributed by atoms with Gasteiger partial charge in [-0.3, -0.25) is 13.9 Å². The van der Waals surface area contributed by atoms with E-state index >= 15 is 0 Å². The molecule has 9 heteroatoms. The molecule has 3 aromatic rings. The van der Waals surface area contributed by atoms with Gasteiger partial charge in [-0.05, 0) is 12.0 Å². The molecule has 1 aliphatic heterocycles. The fourth-order valence-electron chi connectivity index (χ4n) is 3.24. The van der Waals surface area contributed by atoms with E-state index in [1.54, 1.807) is 7.05 Å². The lowest BCUT2D eigenvalue weighted by Crippen LogP contribution is -2.40. The molecule has 1 aliphatic rings. The number of fused-ring (bicyclic) bond motifs is 1. The van der Waals surface area contributed by atoms with E-state index in [0.29, 0.717) is 47.5 Å². The van der Waals surface area contributed by atoms with Gasteiger partial charge in [0.2, 0.25) is 5.89 Å². The largest absolute Gasteiger partial charge is 0.339 e. The van der Waals surface area contributed by atoms with Gasteiger partial charge in [-0.15, -0.1) is 0 Å². The first-order chi connectivity index (χ1) is 13.5. The van der Waals surface area contributed by atoms with Crippen molar-refractivity contribution in [1.29, 1.82) is 0 Å². The molecule has 0 spiro atoms. The van der Waals surface area contributed by atoms with Gasteiger partial charge in [-0.25, -0.2) is 9.79 Å². The minimum absolute atomic E-state index is 0.261. The molecule has 3 heterocycles. The van der Waals surface area contributed by atoms with Crippen molar-refractivity contribution >= 4 is 22.6 Å². The zero-order chi connectivity index (χ0) is 19.7. The van der Waals surface area contributed by atoms with Crippen molar-refractivity contribution in [2.45, 2.75) is 32.2 Å². The molecule has 4 rings (SSSR count). The second-order valence-electron chi connectivity index (χ2n) is 6.64. The molecule has 0 N–H and O–H groups in total. The maximum absolute atomic E-state index is 12.6. The van der Waals surface area contributed by atoms with Gasteiger partial charge in [0.1, 0.15) is 11.0 Å². The number of rotatable bonds is 6. The van der Waals surface area contributed by atoms with E-state index in [1.807, 2.05) is 30.3 Å². The highest BCUT2D eigenvalue weighted by Crippen LogP contribution is 2.22. The zero-order valence-electron chi connectivity index (χ0n) is 15.3. The van der Waals surface area contributed by atoms with Crippen LogP contribution in [0.25, 0.3) is 0 Å². The monoisotopic (exact) mass is 399 g/mol. The maximum atomic E-state index is 12.6. The summed E-state index contributed by atoms with van der Waals surface area (Å²) >= 11 is 5.93. The molecule has 2 aromatic heterocycles. The van der Waals surface area contributed by atoms with E-state index in [9.17, 15) is 9.59 Å². The quantitative estimate of drug-likeness (QED) is 0.631. The van der Waals surface area contributed by atoms with Crippen molar-refractivity contribution in [1.82, 2.24) is 19.3 Å². The minimum Gasteiger partial charge on any atom is -0.339 e. The summed E-state index contributed by atoms with van der Waals surface area (Å²) in [5, 5.41) is 4.30. The van der Waals surface area contributed by atoms with E-state index in [0.717, 1.165) is 5.56 Å². The van der Waals surface area contributed by atoms with Gasteiger partial charge < -0.3 is 4.52 Å². The number of hydrogen-bond donors (Lipinski definition) is 0. The van der Waals surface area contributed by atoms with Crippen LogP contribution in [0.3, 0.4) is 0 Å². The van der Waals surface area contributed by atoms with Crippen molar-refractivity contribution in [3.8, 4) is 0 Å². The van der Waals surface area contributed by atoms with E-state index in [4.69, 9.17) is 16.1 Å². The Morgan fingerprint density at radius 1 is 1.21 bits per heavy atom. The van der Waals surface area contributed by atoms with Gasteiger partial charge in [-0.2, -0.15) is 4.98 Å². The average molecular weight is 400 g/mol. The van der Waals surface area contributed by atoms with Crippen LogP contribution in [-0.4, -0.2) is 24.4 Å². The summed E-state index contributed by atoms with van der Waals surface area (Å²) in [5.74, 6) is 1.45. The molecule has 0 unspecified atom stereocenters. The molecule has 0 radical (unpaired) electrons. The lowest BCUT2D eigenvalue weighted by atomic mass is 10.1. The summed E-state index contributed by atoms with van der Waals surface area (Å²) in [4.78, 5) is 33.5. The lowest BCUT2D eigenvalue weighted by Gasteiger charge is -2.10. The molecule has 0 aliphatic carbocycles. The second-order valence-corrected chi connectivity index (χ2v) is 7.07. The molecule has 0 saturated carbocycles. The third-order valence-corrected chi connectivity index (χ3v) is 4.87. The van der Waals surface area contributed by atoms with E-state index in [-0.39, 0.29) is 18.5 Å². The van der Waals surface area contributed by atoms with E-state index < -0.39 is 5.69 Å². The van der Waals surface area contributed by atoms with Crippen molar-refractivity contribution < 1.29 is 4.52 Å². The van der Waals surface area contributed by atoms with Crippen LogP contribution in [0.15, 0.2) is 49.4 Å². The summed E-state index contributed by atoms with van der Waals surface area (Å²) < 4.78 is 7.86. The molecular formula is C19H18ClN5O3.